The van der Waals surface area contributed by atoms with Gasteiger partial charge in [-0.25, -0.2) is 16.8 Å². The van der Waals surface area contributed by atoms with Gasteiger partial charge in [0.25, 0.3) is 10.0 Å². The summed E-state index contributed by atoms with van der Waals surface area (Å²) in [6, 6.07) is 13.2. The summed E-state index contributed by atoms with van der Waals surface area (Å²) in [4.78, 5) is 4.06. The Labute approximate surface area is 186 Å². The predicted molar refractivity (Wildman–Crippen MR) is 123 cm³/mol. The van der Waals surface area contributed by atoms with Gasteiger partial charge in [0.1, 0.15) is 10.7 Å². The molecule has 2 aromatic heterocycles. The second-order valence-electron chi connectivity index (χ2n) is 6.99. The largest absolute Gasteiger partial charge is 0.355 e. The van der Waals surface area contributed by atoms with Crippen molar-refractivity contribution in [3.63, 3.8) is 0 Å². The zero-order chi connectivity index (χ0) is 21.3. The highest BCUT2D eigenvalue weighted by atomic mass is 35.5. The first-order chi connectivity index (χ1) is 14.4. The Morgan fingerprint density at radius 2 is 1.94 bits per heavy atom. The Kier molecular flexibility index (Phi) is 6.64. The Balaban J connectivity index is 0.00000272. The van der Waals surface area contributed by atoms with E-state index in [1.165, 1.54) is 34.6 Å². The van der Waals surface area contributed by atoms with Crippen LogP contribution in [0.1, 0.15) is 11.1 Å². The summed E-state index contributed by atoms with van der Waals surface area (Å²) >= 11 is 0. The molecule has 4 aromatic rings. The molecule has 2 heterocycles. The number of aryl methyl sites for hydroxylation is 1. The van der Waals surface area contributed by atoms with E-state index in [-0.39, 0.29) is 23.1 Å². The van der Waals surface area contributed by atoms with Gasteiger partial charge >= 0.3 is 0 Å². The fraction of sp³-hybridized carbons (Fsp3) is 0.136. The van der Waals surface area contributed by atoms with E-state index in [0.29, 0.717) is 17.7 Å². The molecule has 4 rings (SSSR count). The molecule has 0 atom stereocenters. The van der Waals surface area contributed by atoms with Crippen molar-refractivity contribution < 1.29 is 12.8 Å². The molecule has 2 N–H and O–H groups in total. The second kappa shape index (κ2) is 9.05. The monoisotopic (exact) mass is 460 g/mol. The Morgan fingerprint density at radius 1 is 1.13 bits per heavy atom. The van der Waals surface area contributed by atoms with Gasteiger partial charge in [-0.2, -0.15) is 0 Å². The van der Waals surface area contributed by atoms with Gasteiger partial charge in [-0.15, -0.1) is 12.4 Å². The van der Waals surface area contributed by atoms with Crippen LogP contribution in [0, 0.1) is 12.7 Å². The quantitative estimate of drug-likeness (QED) is 0.439. The first kappa shape index (κ1) is 22.7. The number of aromatic nitrogens is 2. The van der Waals surface area contributed by atoms with Crippen LogP contribution in [-0.2, 0) is 16.6 Å². The number of benzene rings is 2. The van der Waals surface area contributed by atoms with Gasteiger partial charge in [0, 0.05) is 41.9 Å². The van der Waals surface area contributed by atoms with Crippen molar-refractivity contribution in [1.29, 1.82) is 0 Å². The van der Waals surface area contributed by atoms with Crippen LogP contribution in [0.15, 0.2) is 72.0 Å². The third-order valence-electron chi connectivity index (χ3n) is 4.88. The Bertz CT molecular complexity index is 1320. The van der Waals surface area contributed by atoms with Crippen LogP contribution < -0.4 is 10.6 Å². The maximum Gasteiger partial charge on any atom is 0.269 e. The number of nitrogens with one attached hydrogen (secondary N) is 2. The number of anilines is 2. The van der Waals surface area contributed by atoms with Crippen molar-refractivity contribution in [2.24, 2.45) is 0 Å². The fourth-order valence-corrected chi connectivity index (χ4v) is 4.76. The van der Waals surface area contributed by atoms with Gasteiger partial charge in [0.15, 0.2) is 0 Å². The molecule has 2 aromatic carbocycles. The van der Waals surface area contributed by atoms with Crippen LogP contribution >= 0.6 is 12.4 Å². The predicted octanol–water partition coefficient (Wildman–Crippen LogP) is 4.61. The molecule has 0 aliphatic rings. The molecule has 162 valence electrons. The maximum atomic E-state index is 13.4. The molecule has 0 bridgehead atoms. The van der Waals surface area contributed by atoms with Crippen molar-refractivity contribution in [3.05, 3.63) is 84.1 Å². The molecular formula is C22H22ClFN4O2S. The number of fused-ring (bicyclic) bond motifs is 1. The van der Waals surface area contributed by atoms with E-state index >= 15 is 0 Å². The molecule has 0 saturated carbocycles. The highest BCUT2D eigenvalue weighted by Crippen LogP contribution is 2.30. The lowest BCUT2D eigenvalue weighted by atomic mass is 10.1. The molecule has 6 nitrogen and oxygen atoms in total. The molecule has 0 aliphatic heterocycles. The normalized spacial score (nSPS) is 11.3. The summed E-state index contributed by atoms with van der Waals surface area (Å²) in [6.45, 7) is 2.33. The van der Waals surface area contributed by atoms with Crippen LogP contribution in [0.5, 0.6) is 0 Å². The summed E-state index contributed by atoms with van der Waals surface area (Å²) < 4.78 is 41.2. The lowest BCUT2D eigenvalue weighted by Gasteiger charge is -2.11. The second-order valence-corrected chi connectivity index (χ2v) is 8.81. The van der Waals surface area contributed by atoms with Gasteiger partial charge in [-0.1, -0.05) is 6.07 Å². The minimum atomic E-state index is -3.82. The van der Waals surface area contributed by atoms with Gasteiger partial charge in [-0.05, 0) is 67.6 Å². The van der Waals surface area contributed by atoms with E-state index in [9.17, 15) is 12.8 Å². The highest BCUT2D eigenvalue weighted by molar-refractivity contribution is 7.90. The lowest BCUT2D eigenvalue weighted by molar-refractivity contribution is 0.588. The van der Waals surface area contributed by atoms with Crippen LogP contribution in [-0.4, -0.2) is 24.4 Å². The third-order valence-corrected chi connectivity index (χ3v) is 6.54. The van der Waals surface area contributed by atoms with E-state index in [1.54, 1.807) is 24.4 Å². The fourth-order valence-electron chi connectivity index (χ4n) is 3.41. The van der Waals surface area contributed by atoms with Crippen LogP contribution in [0.3, 0.4) is 0 Å². The van der Waals surface area contributed by atoms with E-state index in [1.807, 2.05) is 26.1 Å². The summed E-state index contributed by atoms with van der Waals surface area (Å²) in [5.41, 5.74) is 3.62. The summed E-state index contributed by atoms with van der Waals surface area (Å²) in [6.07, 6.45) is 4.51. The zero-order valence-electron chi connectivity index (χ0n) is 17.0. The van der Waals surface area contributed by atoms with Crippen molar-refractivity contribution >= 4 is 44.7 Å². The van der Waals surface area contributed by atoms with Gasteiger partial charge in [0.2, 0.25) is 0 Å². The number of hydrogen-bond donors (Lipinski definition) is 2. The molecule has 0 amide bonds. The van der Waals surface area contributed by atoms with E-state index in [2.05, 4.69) is 15.6 Å². The van der Waals surface area contributed by atoms with Gasteiger partial charge < -0.3 is 10.6 Å². The average molecular weight is 461 g/mol. The van der Waals surface area contributed by atoms with Crippen molar-refractivity contribution in [1.82, 2.24) is 14.3 Å². The molecule has 31 heavy (non-hydrogen) atoms. The smallest absolute Gasteiger partial charge is 0.269 e. The van der Waals surface area contributed by atoms with E-state index < -0.39 is 10.0 Å². The Morgan fingerprint density at radius 3 is 2.61 bits per heavy atom. The number of rotatable bonds is 6. The lowest BCUT2D eigenvalue weighted by Crippen LogP contribution is -2.12. The first-order valence-corrected chi connectivity index (χ1v) is 10.8. The van der Waals surface area contributed by atoms with E-state index in [4.69, 9.17) is 0 Å². The van der Waals surface area contributed by atoms with Crippen molar-refractivity contribution in [3.8, 4) is 0 Å². The molecule has 0 aliphatic carbocycles. The first-order valence-electron chi connectivity index (χ1n) is 9.37. The van der Waals surface area contributed by atoms with E-state index in [0.717, 1.165) is 22.2 Å². The molecule has 0 unspecified atom stereocenters. The summed E-state index contributed by atoms with van der Waals surface area (Å²) in [5, 5.41) is 7.16. The number of nitrogens with zero attached hydrogens (tertiary/aromatic N) is 2. The van der Waals surface area contributed by atoms with Gasteiger partial charge in [-0.3, -0.25) is 4.98 Å². The number of hydrogen-bond acceptors (Lipinski definition) is 5. The van der Waals surface area contributed by atoms with Crippen molar-refractivity contribution in [2.45, 2.75) is 18.4 Å². The van der Waals surface area contributed by atoms with Crippen LogP contribution in [0.25, 0.3) is 10.9 Å². The van der Waals surface area contributed by atoms with Crippen LogP contribution in [0.4, 0.5) is 15.8 Å². The highest BCUT2D eigenvalue weighted by Gasteiger charge is 2.21. The SMILES string of the molecule is CNCc1cn(S(=O)(=O)c2cccnc2)c2cc(Nc3ccc(F)cc3C)ccc12.Cl. The third kappa shape index (κ3) is 4.41. The molecule has 0 spiro atoms. The zero-order valence-corrected chi connectivity index (χ0v) is 18.6. The van der Waals surface area contributed by atoms with Crippen LogP contribution in [0.2, 0.25) is 0 Å². The summed E-state index contributed by atoms with van der Waals surface area (Å²) in [7, 11) is -2.01. The molecule has 9 heteroatoms. The summed E-state index contributed by atoms with van der Waals surface area (Å²) in [5.74, 6) is -0.304. The number of halogens is 2. The minimum Gasteiger partial charge on any atom is -0.355 e. The molecule has 0 fully saturated rings. The molecular weight excluding hydrogens is 439 g/mol. The van der Waals surface area contributed by atoms with Gasteiger partial charge in [0.05, 0.1) is 5.52 Å². The van der Waals surface area contributed by atoms with Crippen molar-refractivity contribution in [2.75, 3.05) is 12.4 Å². The maximum absolute atomic E-state index is 13.4. The minimum absolute atomic E-state index is 0. The standard InChI is InChI=1S/C22H21FN4O2S.ClH/c1-15-10-17(23)5-8-21(15)26-18-6-7-20-16(12-24-2)14-27(22(20)11-18)30(28,29)19-4-3-9-25-13-19;/h3-11,13-14,24,26H,12H2,1-2H3;1H. The molecule has 0 radical (unpaired) electrons. The average Bonchev–Trinajstić information content (AvgIpc) is 3.10. The number of pyridine rings is 1. The molecule has 0 saturated heterocycles. The Hall–Kier alpha value is -2.94. The topological polar surface area (TPSA) is 76.0 Å².